The summed E-state index contributed by atoms with van der Waals surface area (Å²) in [6.45, 7) is 4.05. The van der Waals surface area contributed by atoms with Crippen molar-refractivity contribution >= 4 is 29.2 Å². The Bertz CT molecular complexity index is 439. The lowest BCUT2D eigenvalue weighted by atomic mass is 10.0. The Morgan fingerprint density at radius 3 is 2.21 bits per heavy atom. The maximum atomic E-state index is 11.7. The van der Waals surface area contributed by atoms with Crippen LogP contribution in [0.15, 0.2) is 18.2 Å². The molecule has 3 amide bonds. The van der Waals surface area contributed by atoms with E-state index in [1.54, 1.807) is 0 Å². The predicted octanol–water partition coefficient (Wildman–Crippen LogP) is 3.09. The van der Waals surface area contributed by atoms with Crippen molar-refractivity contribution in [3.05, 3.63) is 29.3 Å². The quantitative estimate of drug-likeness (QED) is 0.816. The van der Waals surface area contributed by atoms with Gasteiger partial charge in [-0.05, 0) is 24.0 Å². The van der Waals surface area contributed by atoms with Crippen LogP contribution in [0.5, 0.6) is 0 Å². The lowest BCUT2D eigenvalue weighted by Gasteiger charge is -2.14. The van der Waals surface area contributed by atoms with Crippen LogP contribution in [0.2, 0.25) is 0 Å². The van der Waals surface area contributed by atoms with E-state index in [-0.39, 0.29) is 18.2 Å². The molecule has 0 unspecified atom stereocenters. The fourth-order valence-electron chi connectivity index (χ4n) is 1.82. The predicted molar refractivity (Wildman–Crippen MR) is 77.7 cm³/mol. The van der Waals surface area contributed by atoms with E-state index in [2.05, 4.69) is 10.6 Å². The summed E-state index contributed by atoms with van der Waals surface area (Å²) in [5.41, 5.74) is 2.90. The minimum atomic E-state index is -0.509. The van der Waals surface area contributed by atoms with Gasteiger partial charge in [0.1, 0.15) is 0 Å². The minimum Gasteiger partial charge on any atom is -0.307 e. The molecule has 0 heterocycles. The molecule has 5 heteroatoms. The smallest absolute Gasteiger partial charge is 0.307 e. The van der Waals surface area contributed by atoms with E-state index < -0.39 is 6.03 Å². The Labute approximate surface area is 118 Å². The second kappa shape index (κ2) is 7.79. The van der Waals surface area contributed by atoms with Gasteiger partial charge in [0.15, 0.2) is 0 Å². The summed E-state index contributed by atoms with van der Waals surface area (Å²) in [6, 6.07) is 5.40. The van der Waals surface area contributed by atoms with E-state index in [0.29, 0.717) is 0 Å². The molecule has 104 valence electrons. The van der Waals surface area contributed by atoms with Crippen LogP contribution < -0.4 is 10.6 Å². The van der Waals surface area contributed by atoms with Crippen LogP contribution in [0, 0.1) is 0 Å². The highest BCUT2D eigenvalue weighted by Gasteiger charge is 2.11. The van der Waals surface area contributed by atoms with E-state index in [0.717, 1.165) is 29.7 Å². The number of hydrogen-bond donors (Lipinski definition) is 2. The SMILES string of the molecule is CCc1cccc(CC)c1NC(=O)NC(=O)CCCl. The molecule has 0 saturated carbocycles. The molecule has 0 bridgehead atoms. The second-order valence-corrected chi connectivity index (χ2v) is 4.48. The monoisotopic (exact) mass is 282 g/mol. The topological polar surface area (TPSA) is 58.2 Å². The number of hydrogen-bond acceptors (Lipinski definition) is 2. The number of carbonyl (C=O) groups is 2. The first-order valence-electron chi connectivity index (χ1n) is 6.39. The van der Waals surface area contributed by atoms with Gasteiger partial charge in [-0.1, -0.05) is 32.0 Å². The number of benzene rings is 1. The molecule has 0 aliphatic heterocycles. The first kappa shape index (κ1) is 15.5. The molecular weight excluding hydrogens is 264 g/mol. The normalized spacial score (nSPS) is 10.1. The Morgan fingerprint density at radius 2 is 1.74 bits per heavy atom. The number of halogens is 1. The number of imide groups is 1. The summed E-state index contributed by atoms with van der Waals surface area (Å²) in [7, 11) is 0. The molecule has 0 spiro atoms. The summed E-state index contributed by atoms with van der Waals surface area (Å²) >= 11 is 5.44. The minimum absolute atomic E-state index is 0.130. The van der Waals surface area contributed by atoms with Crippen molar-refractivity contribution < 1.29 is 9.59 Å². The van der Waals surface area contributed by atoms with Gasteiger partial charge in [-0.3, -0.25) is 10.1 Å². The third-order valence-electron chi connectivity index (χ3n) is 2.81. The van der Waals surface area contributed by atoms with Gasteiger partial charge in [0, 0.05) is 18.0 Å². The van der Waals surface area contributed by atoms with Crippen molar-refractivity contribution in [3.8, 4) is 0 Å². The number of rotatable bonds is 5. The fourth-order valence-corrected chi connectivity index (χ4v) is 1.99. The molecule has 0 saturated heterocycles. The number of urea groups is 1. The van der Waals surface area contributed by atoms with Crippen molar-refractivity contribution in [1.82, 2.24) is 5.32 Å². The number of anilines is 1. The van der Waals surface area contributed by atoms with Crippen molar-refractivity contribution in [3.63, 3.8) is 0 Å². The Kier molecular flexibility index (Phi) is 6.36. The van der Waals surface area contributed by atoms with Gasteiger partial charge in [-0.2, -0.15) is 0 Å². The average Bonchev–Trinajstić information content (AvgIpc) is 2.39. The van der Waals surface area contributed by atoms with Crippen LogP contribution in [0.1, 0.15) is 31.4 Å². The summed E-state index contributed by atoms with van der Waals surface area (Å²) in [4.78, 5) is 23.0. The standard InChI is InChI=1S/C14H19ClN2O2/c1-3-10-6-5-7-11(4-2)13(10)17-14(19)16-12(18)8-9-15/h5-7H,3-4,8-9H2,1-2H3,(H2,16,17,18,19). The zero-order valence-corrected chi connectivity index (χ0v) is 12.0. The van der Waals surface area contributed by atoms with Gasteiger partial charge in [0.2, 0.25) is 5.91 Å². The average molecular weight is 283 g/mol. The molecule has 1 aromatic rings. The highest BCUT2D eigenvalue weighted by atomic mass is 35.5. The van der Waals surface area contributed by atoms with Crippen molar-refractivity contribution in [2.45, 2.75) is 33.1 Å². The number of carbonyl (C=O) groups excluding carboxylic acids is 2. The molecule has 0 aromatic heterocycles. The van der Waals surface area contributed by atoms with Crippen LogP contribution in [0.4, 0.5) is 10.5 Å². The molecular formula is C14H19ClN2O2. The van der Waals surface area contributed by atoms with Crippen LogP contribution >= 0.6 is 11.6 Å². The van der Waals surface area contributed by atoms with Crippen LogP contribution in [0.25, 0.3) is 0 Å². The molecule has 0 aliphatic rings. The van der Waals surface area contributed by atoms with Gasteiger partial charge >= 0.3 is 6.03 Å². The maximum absolute atomic E-state index is 11.7. The van der Waals surface area contributed by atoms with E-state index in [4.69, 9.17) is 11.6 Å². The molecule has 1 aromatic carbocycles. The molecule has 19 heavy (non-hydrogen) atoms. The van der Waals surface area contributed by atoms with E-state index in [1.807, 2.05) is 32.0 Å². The number of alkyl halides is 1. The summed E-state index contributed by atoms with van der Waals surface area (Å²) < 4.78 is 0. The first-order chi connectivity index (χ1) is 9.12. The highest BCUT2D eigenvalue weighted by Crippen LogP contribution is 2.22. The summed E-state index contributed by atoms with van der Waals surface area (Å²) in [6.07, 6.45) is 1.77. The largest absolute Gasteiger partial charge is 0.325 e. The molecule has 0 fully saturated rings. The number of aryl methyl sites for hydroxylation is 2. The van der Waals surface area contributed by atoms with Crippen LogP contribution in [-0.4, -0.2) is 17.8 Å². The van der Waals surface area contributed by atoms with Crippen LogP contribution in [0.3, 0.4) is 0 Å². The van der Waals surface area contributed by atoms with E-state index >= 15 is 0 Å². The van der Waals surface area contributed by atoms with Gasteiger partial charge in [-0.25, -0.2) is 4.79 Å². The summed E-state index contributed by atoms with van der Waals surface area (Å²) in [5, 5.41) is 5.01. The van der Waals surface area contributed by atoms with Crippen LogP contribution in [-0.2, 0) is 17.6 Å². The number of para-hydroxylation sites is 1. The molecule has 1 rings (SSSR count). The van der Waals surface area contributed by atoms with Gasteiger partial charge in [0.25, 0.3) is 0 Å². The molecule has 2 N–H and O–H groups in total. The lowest BCUT2D eigenvalue weighted by Crippen LogP contribution is -2.34. The highest BCUT2D eigenvalue weighted by molar-refractivity contribution is 6.19. The maximum Gasteiger partial charge on any atom is 0.325 e. The first-order valence-corrected chi connectivity index (χ1v) is 6.93. The van der Waals surface area contributed by atoms with E-state index in [9.17, 15) is 9.59 Å². The van der Waals surface area contributed by atoms with Crippen molar-refractivity contribution in [2.24, 2.45) is 0 Å². The molecule has 4 nitrogen and oxygen atoms in total. The third kappa shape index (κ3) is 4.56. The zero-order chi connectivity index (χ0) is 14.3. The van der Waals surface area contributed by atoms with Gasteiger partial charge in [0.05, 0.1) is 0 Å². The number of nitrogens with one attached hydrogen (secondary N) is 2. The Morgan fingerprint density at radius 1 is 1.16 bits per heavy atom. The van der Waals surface area contributed by atoms with Crippen molar-refractivity contribution in [1.29, 1.82) is 0 Å². The van der Waals surface area contributed by atoms with Crippen molar-refractivity contribution in [2.75, 3.05) is 11.2 Å². The second-order valence-electron chi connectivity index (χ2n) is 4.10. The van der Waals surface area contributed by atoms with Gasteiger partial charge in [-0.15, -0.1) is 11.6 Å². The van der Waals surface area contributed by atoms with E-state index in [1.165, 1.54) is 0 Å². The molecule has 0 atom stereocenters. The third-order valence-corrected chi connectivity index (χ3v) is 3.00. The lowest BCUT2D eigenvalue weighted by molar-refractivity contribution is -0.119. The molecule has 0 aliphatic carbocycles. The number of amides is 3. The molecule has 0 radical (unpaired) electrons. The fraction of sp³-hybridized carbons (Fsp3) is 0.429. The Hall–Kier alpha value is -1.55. The summed E-state index contributed by atoms with van der Waals surface area (Å²) in [5.74, 6) is -0.176. The Balaban J connectivity index is 2.80. The van der Waals surface area contributed by atoms with Gasteiger partial charge < -0.3 is 5.32 Å². The zero-order valence-electron chi connectivity index (χ0n) is 11.3.